The molecule has 0 radical (unpaired) electrons. The quantitative estimate of drug-likeness (QED) is 0.912. The topological polar surface area (TPSA) is 21.3 Å². The Labute approximate surface area is 116 Å². The molecule has 2 rings (SSSR count). The van der Waals surface area contributed by atoms with Gasteiger partial charge >= 0.3 is 0 Å². The van der Waals surface area contributed by atoms with E-state index in [1.54, 1.807) is 0 Å². The number of benzene rings is 1. The van der Waals surface area contributed by atoms with Crippen LogP contribution in [0.2, 0.25) is 5.02 Å². The van der Waals surface area contributed by atoms with Crippen LogP contribution < -0.4 is 5.32 Å². The zero-order valence-electron chi connectivity index (χ0n) is 9.72. The van der Waals surface area contributed by atoms with Gasteiger partial charge in [-0.1, -0.05) is 17.7 Å². The van der Waals surface area contributed by atoms with Crippen molar-refractivity contribution < 1.29 is 4.74 Å². The molecule has 94 valence electrons. The highest BCUT2D eigenvalue weighted by Gasteiger charge is 2.12. The first-order valence-electron chi connectivity index (χ1n) is 6.02. The third kappa shape index (κ3) is 4.25. The predicted molar refractivity (Wildman–Crippen MR) is 74.4 cm³/mol. The fourth-order valence-corrected chi connectivity index (χ4v) is 2.45. The van der Waals surface area contributed by atoms with Gasteiger partial charge in [-0.15, -0.1) is 0 Å². The van der Waals surface area contributed by atoms with Crippen LogP contribution in [0.1, 0.15) is 24.8 Å². The van der Waals surface area contributed by atoms with Gasteiger partial charge in [0.05, 0.1) is 11.1 Å². The predicted octanol–water partition coefficient (Wildman–Crippen LogP) is 3.76. The molecule has 1 aliphatic heterocycles. The van der Waals surface area contributed by atoms with Gasteiger partial charge in [0.1, 0.15) is 0 Å². The summed E-state index contributed by atoms with van der Waals surface area (Å²) < 4.78 is 6.61. The molecule has 1 heterocycles. The molecule has 1 N–H and O–H groups in total. The molecule has 0 aromatic heterocycles. The maximum Gasteiger partial charge on any atom is 0.0699 e. The van der Waals surface area contributed by atoms with Crippen LogP contribution in [0.25, 0.3) is 0 Å². The molecule has 0 saturated carbocycles. The summed E-state index contributed by atoms with van der Waals surface area (Å²) in [6.45, 7) is 2.68. The van der Waals surface area contributed by atoms with E-state index in [0.29, 0.717) is 6.10 Å². The molecule has 1 aromatic carbocycles. The monoisotopic (exact) mass is 317 g/mol. The highest BCUT2D eigenvalue weighted by Crippen LogP contribution is 2.23. The third-order valence-electron chi connectivity index (χ3n) is 2.96. The summed E-state index contributed by atoms with van der Waals surface area (Å²) in [7, 11) is 0. The number of halogens is 2. The normalized spacial score (nSPS) is 20.5. The highest BCUT2D eigenvalue weighted by molar-refractivity contribution is 9.10. The molecular formula is C13H17BrClNO. The van der Waals surface area contributed by atoms with Crippen molar-refractivity contribution in [2.45, 2.75) is 31.9 Å². The van der Waals surface area contributed by atoms with E-state index < -0.39 is 0 Å². The largest absolute Gasteiger partial charge is 0.377 e. The molecule has 1 aliphatic rings. The summed E-state index contributed by atoms with van der Waals surface area (Å²) in [6.07, 6.45) is 4.05. The first-order valence-corrected chi connectivity index (χ1v) is 7.19. The summed E-state index contributed by atoms with van der Waals surface area (Å²) in [5.74, 6) is 0. The van der Waals surface area contributed by atoms with Gasteiger partial charge in [-0.3, -0.25) is 0 Å². The van der Waals surface area contributed by atoms with E-state index in [4.69, 9.17) is 16.3 Å². The first kappa shape index (κ1) is 13.3. The molecule has 1 fully saturated rings. The van der Waals surface area contributed by atoms with Gasteiger partial charge < -0.3 is 10.1 Å². The van der Waals surface area contributed by atoms with Crippen LogP contribution in [0.4, 0.5) is 0 Å². The lowest BCUT2D eigenvalue weighted by Gasteiger charge is -2.22. The van der Waals surface area contributed by atoms with E-state index in [0.717, 1.165) is 29.2 Å². The first-order chi connectivity index (χ1) is 8.25. The van der Waals surface area contributed by atoms with E-state index in [9.17, 15) is 0 Å². The van der Waals surface area contributed by atoms with Crippen molar-refractivity contribution in [2.75, 3.05) is 13.2 Å². The lowest BCUT2D eigenvalue weighted by molar-refractivity contribution is 0.0168. The number of hydrogen-bond donors (Lipinski definition) is 1. The molecule has 1 atom stereocenters. The van der Waals surface area contributed by atoms with E-state index in [1.165, 1.54) is 24.8 Å². The lowest BCUT2D eigenvalue weighted by atomic mass is 10.1. The van der Waals surface area contributed by atoms with Crippen molar-refractivity contribution in [2.24, 2.45) is 0 Å². The molecule has 0 amide bonds. The van der Waals surface area contributed by atoms with Crippen LogP contribution in [0.3, 0.4) is 0 Å². The fraction of sp³-hybridized carbons (Fsp3) is 0.538. The number of rotatable bonds is 4. The second-order valence-corrected chi connectivity index (χ2v) is 5.63. The van der Waals surface area contributed by atoms with Crippen LogP contribution in [0.5, 0.6) is 0 Å². The van der Waals surface area contributed by atoms with E-state index >= 15 is 0 Å². The van der Waals surface area contributed by atoms with Gasteiger partial charge in [0, 0.05) is 24.2 Å². The van der Waals surface area contributed by atoms with Gasteiger partial charge in [0.25, 0.3) is 0 Å². The molecule has 17 heavy (non-hydrogen) atoms. The molecule has 4 heteroatoms. The summed E-state index contributed by atoms with van der Waals surface area (Å²) in [4.78, 5) is 0. The number of nitrogens with one attached hydrogen (secondary N) is 1. The highest BCUT2D eigenvalue weighted by atomic mass is 79.9. The smallest absolute Gasteiger partial charge is 0.0699 e. The zero-order valence-corrected chi connectivity index (χ0v) is 12.1. The van der Waals surface area contributed by atoms with Gasteiger partial charge in [-0.2, -0.15) is 0 Å². The van der Waals surface area contributed by atoms with Gasteiger partial charge in [-0.05, 0) is 52.9 Å². The molecular weight excluding hydrogens is 302 g/mol. The van der Waals surface area contributed by atoms with Crippen molar-refractivity contribution in [3.8, 4) is 0 Å². The summed E-state index contributed by atoms with van der Waals surface area (Å²) in [6, 6.07) is 6.04. The average molecular weight is 319 g/mol. The van der Waals surface area contributed by atoms with Gasteiger partial charge in [0.15, 0.2) is 0 Å². The van der Waals surface area contributed by atoms with Gasteiger partial charge in [0.2, 0.25) is 0 Å². The van der Waals surface area contributed by atoms with E-state index in [-0.39, 0.29) is 0 Å². The molecule has 1 aromatic rings. The second-order valence-electron chi connectivity index (χ2n) is 4.37. The van der Waals surface area contributed by atoms with E-state index in [2.05, 4.69) is 27.3 Å². The van der Waals surface area contributed by atoms with Crippen molar-refractivity contribution in [3.63, 3.8) is 0 Å². The van der Waals surface area contributed by atoms with E-state index in [1.807, 2.05) is 12.1 Å². The molecule has 1 unspecified atom stereocenters. The van der Waals surface area contributed by atoms with Crippen molar-refractivity contribution >= 4 is 27.5 Å². The van der Waals surface area contributed by atoms with Crippen LogP contribution in [-0.4, -0.2) is 19.3 Å². The van der Waals surface area contributed by atoms with Gasteiger partial charge in [-0.25, -0.2) is 0 Å². The van der Waals surface area contributed by atoms with Crippen LogP contribution in [0.15, 0.2) is 22.7 Å². The average Bonchev–Trinajstić information content (AvgIpc) is 2.35. The zero-order chi connectivity index (χ0) is 12.1. The Morgan fingerprint density at radius 1 is 1.41 bits per heavy atom. The molecule has 1 saturated heterocycles. The summed E-state index contributed by atoms with van der Waals surface area (Å²) >= 11 is 9.43. The van der Waals surface area contributed by atoms with Crippen molar-refractivity contribution in [1.29, 1.82) is 0 Å². The number of ether oxygens (including phenoxy) is 1. The van der Waals surface area contributed by atoms with Crippen molar-refractivity contribution in [1.82, 2.24) is 5.32 Å². The second kappa shape index (κ2) is 6.74. The van der Waals surface area contributed by atoms with Crippen LogP contribution in [0, 0.1) is 0 Å². The lowest BCUT2D eigenvalue weighted by Crippen LogP contribution is -2.31. The Balaban J connectivity index is 1.75. The van der Waals surface area contributed by atoms with Crippen molar-refractivity contribution in [3.05, 3.63) is 33.3 Å². The summed E-state index contributed by atoms with van der Waals surface area (Å²) in [5.41, 5.74) is 1.20. The SMILES string of the molecule is Clc1cc(CNCC2CCCCO2)ccc1Br. The minimum absolute atomic E-state index is 0.384. The Bertz CT molecular complexity index is 366. The van der Waals surface area contributed by atoms with Crippen LogP contribution in [-0.2, 0) is 11.3 Å². The standard InChI is InChI=1S/C13H17BrClNO/c14-12-5-4-10(7-13(12)15)8-16-9-11-3-1-2-6-17-11/h4-5,7,11,16H,1-3,6,8-9H2. The fourth-order valence-electron chi connectivity index (χ4n) is 2.00. The summed E-state index contributed by atoms with van der Waals surface area (Å²) in [5, 5.41) is 4.18. The van der Waals surface area contributed by atoms with Crippen LogP contribution >= 0.6 is 27.5 Å². The maximum atomic E-state index is 6.04. The maximum absolute atomic E-state index is 6.04. The Morgan fingerprint density at radius 3 is 3.00 bits per heavy atom. The minimum Gasteiger partial charge on any atom is -0.377 e. The Kier molecular flexibility index (Phi) is 5.29. The number of hydrogen-bond acceptors (Lipinski definition) is 2. The third-order valence-corrected chi connectivity index (χ3v) is 4.19. The molecule has 0 spiro atoms. The molecule has 2 nitrogen and oxygen atoms in total. The Morgan fingerprint density at radius 2 is 2.29 bits per heavy atom. The molecule has 0 bridgehead atoms. The molecule has 0 aliphatic carbocycles. The minimum atomic E-state index is 0.384. The Hall–Kier alpha value is -0.0900.